The van der Waals surface area contributed by atoms with E-state index in [-0.39, 0.29) is 6.04 Å². The molecule has 0 rings (SSSR count). The maximum Gasteiger partial charge on any atom is 0.322 e. The number of hydrogen-bond acceptors (Lipinski definition) is 4. The topological polar surface area (TPSA) is 61.8 Å². The smallest absolute Gasteiger partial charge is 0.322 e. The zero-order chi connectivity index (χ0) is 14.1. The fourth-order valence-corrected chi connectivity index (χ4v) is 1.86. The summed E-state index contributed by atoms with van der Waals surface area (Å²) in [6.45, 7) is 11.0. The number of ether oxygens (including phenoxy) is 1. The van der Waals surface area contributed by atoms with E-state index < -0.39 is 12.0 Å². The summed E-state index contributed by atoms with van der Waals surface area (Å²) in [7, 11) is 1.66. The van der Waals surface area contributed by atoms with Gasteiger partial charge in [-0.25, -0.2) is 0 Å². The molecule has 1 atom stereocenters. The van der Waals surface area contributed by atoms with Gasteiger partial charge in [0.25, 0.3) is 0 Å². The van der Waals surface area contributed by atoms with Crippen LogP contribution in [-0.4, -0.2) is 61.4 Å². The van der Waals surface area contributed by atoms with Crippen molar-refractivity contribution in [3.05, 3.63) is 0 Å². The van der Waals surface area contributed by atoms with E-state index >= 15 is 0 Å². The number of nitrogens with zero attached hydrogens (tertiary/aromatic N) is 1. The molecule has 0 bridgehead atoms. The lowest BCUT2D eigenvalue weighted by Gasteiger charge is -2.28. The maximum atomic E-state index is 11.2. The highest BCUT2D eigenvalue weighted by Gasteiger charge is 2.21. The molecule has 0 saturated carbocycles. The quantitative estimate of drug-likeness (QED) is 0.614. The minimum Gasteiger partial charge on any atom is -0.480 e. The molecular formula is C13H28N2O3. The van der Waals surface area contributed by atoms with Gasteiger partial charge in [-0.2, -0.15) is 0 Å². The standard InChI is InChI=1S/C13H28N2O3/c1-10(2)8-15(6-7-18-5)9-12(13(16)17)14-11(3)4/h10-12,14H,6-9H2,1-5H3,(H,16,17). The zero-order valence-electron chi connectivity index (χ0n) is 12.3. The molecule has 0 aliphatic heterocycles. The van der Waals surface area contributed by atoms with Crippen molar-refractivity contribution in [2.45, 2.75) is 39.8 Å². The summed E-state index contributed by atoms with van der Waals surface area (Å²) in [5.41, 5.74) is 0. The van der Waals surface area contributed by atoms with Crippen LogP contribution in [0.15, 0.2) is 0 Å². The number of carboxylic acid groups (broad SMARTS) is 1. The van der Waals surface area contributed by atoms with E-state index in [4.69, 9.17) is 4.74 Å². The van der Waals surface area contributed by atoms with Crippen LogP contribution < -0.4 is 5.32 Å². The first-order valence-corrected chi connectivity index (χ1v) is 6.57. The Kier molecular flexibility index (Phi) is 8.97. The Morgan fingerprint density at radius 1 is 1.28 bits per heavy atom. The number of carbonyl (C=O) groups is 1. The molecule has 1 unspecified atom stereocenters. The Hall–Kier alpha value is -0.650. The molecule has 5 nitrogen and oxygen atoms in total. The number of rotatable bonds is 10. The highest BCUT2D eigenvalue weighted by molar-refractivity contribution is 5.73. The lowest BCUT2D eigenvalue weighted by atomic mass is 10.1. The molecule has 0 radical (unpaired) electrons. The summed E-state index contributed by atoms with van der Waals surface area (Å²) in [5.74, 6) is -0.287. The first-order valence-electron chi connectivity index (χ1n) is 6.57. The second-order valence-corrected chi connectivity index (χ2v) is 5.36. The van der Waals surface area contributed by atoms with Crippen LogP contribution in [-0.2, 0) is 9.53 Å². The van der Waals surface area contributed by atoms with Crippen LogP contribution in [0.3, 0.4) is 0 Å². The Morgan fingerprint density at radius 2 is 1.89 bits per heavy atom. The van der Waals surface area contributed by atoms with Gasteiger partial charge >= 0.3 is 5.97 Å². The maximum absolute atomic E-state index is 11.2. The molecule has 0 spiro atoms. The van der Waals surface area contributed by atoms with Crippen molar-refractivity contribution in [1.82, 2.24) is 10.2 Å². The highest BCUT2D eigenvalue weighted by Crippen LogP contribution is 2.01. The van der Waals surface area contributed by atoms with Crippen LogP contribution in [0, 0.1) is 5.92 Å². The molecule has 0 saturated heterocycles. The van der Waals surface area contributed by atoms with Gasteiger partial charge in [0.2, 0.25) is 0 Å². The summed E-state index contributed by atoms with van der Waals surface area (Å²) >= 11 is 0. The molecule has 0 fully saturated rings. The molecule has 18 heavy (non-hydrogen) atoms. The lowest BCUT2D eigenvalue weighted by Crippen LogP contribution is -2.49. The summed E-state index contributed by atoms with van der Waals surface area (Å²) in [6.07, 6.45) is 0. The largest absolute Gasteiger partial charge is 0.480 e. The first kappa shape index (κ1) is 17.4. The molecule has 108 valence electrons. The van der Waals surface area contributed by atoms with E-state index in [1.807, 2.05) is 13.8 Å². The molecule has 0 heterocycles. The van der Waals surface area contributed by atoms with Crippen molar-refractivity contribution in [1.29, 1.82) is 0 Å². The summed E-state index contributed by atoms with van der Waals surface area (Å²) < 4.78 is 5.07. The third kappa shape index (κ3) is 8.44. The molecule has 0 amide bonds. The average molecular weight is 260 g/mol. The van der Waals surface area contributed by atoms with E-state index in [1.54, 1.807) is 7.11 Å². The third-order valence-corrected chi connectivity index (χ3v) is 2.51. The van der Waals surface area contributed by atoms with Crippen molar-refractivity contribution in [3.63, 3.8) is 0 Å². The van der Waals surface area contributed by atoms with Crippen LogP contribution in [0.25, 0.3) is 0 Å². The Morgan fingerprint density at radius 3 is 2.28 bits per heavy atom. The van der Waals surface area contributed by atoms with Crippen LogP contribution in [0.4, 0.5) is 0 Å². The predicted octanol–water partition coefficient (Wildman–Crippen LogP) is 1.04. The minimum absolute atomic E-state index is 0.162. The van der Waals surface area contributed by atoms with E-state index in [9.17, 15) is 9.90 Å². The Bertz CT molecular complexity index is 232. The highest BCUT2D eigenvalue weighted by atomic mass is 16.5. The van der Waals surface area contributed by atoms with Gasteiger partial charge in [0, 0.05) is 32.8 Å². The molecule has 0 aliphatic carbocycles. The second kappa shape index (κ2) is 9.30. The molecule has 2 N–H and O–H groups in total. The number of aliphatic carboxylic acids is 1. The Labute approximate surface area is 110 Å². The Balaban J connectivity index is 4.42. The minimum atomic E-state index is -0.796. The third-order valence-electron chi connectivity index (χ3n) is 2.51. The first-order chi connectivity index (χ1) is 8.36. The number of carboxylic acids is 1. The van der Waals surface area contributed by atoms with Gasteiger partial charge in [0.15, 0.2) is 0 Å². The van der Waals surface area contributed by atoms with E-state index in [2.05, 4.69) is 24.1 Å². The van der Waals surface area contributed by atoms with Crippen molar-refractivity contribution in [2.24, 2.45) is 5.92 Å². The molecule has 5 heteroatoms. The number of nitrogens with one attached hydrogen (secondary N) is 1. The van der Waals surface area contributed by atoms with Crippen molar-refractivity contribution in [3.8, 4) is 0 Å². The van der Waals surface area contributed by atoms with Gasteiger partial charge in [-0.15, -0.1) is 0 Å². The summed E-state index contributed by atoms with van der Waals surface area (Å²) in [5, 5.41) is 12.3. The van der Waals surface area contributed by atoms with Crippen LogP contribution in [0.1, 0.15) is 27.7 Å². The van der Waals surface area contributed by atoms with Gasteiger partial charge < -0.3 is 15.2 Å². The fraction of sp³-hybridized carbons (Fsp3) is 0.923. The van der Waals surface area contributed by atoms with Gasteiger partial charge in [0.05, 0.1) is 6.61 Å². The molecule has 0 aromatic carbocycles. The van der Waals surface area contributed by atoms with Crippen LogP contribution in [0.5, 0.6) is 0 Å². The molecule has 0 aromatic rings. The SMILES string of the molecule is COCCN(CC(C)C)CC(NC(C)C)C(=O)O. The van der Waals surface area contributed by atoms with Gasteiger partial charge in [-0.1, -0.05) is 27.7 Å². The zero-order valence-corrected chi connectivity index (χ0v) is 12.3. The lowest BCUT2D eigenvalue weighted by molar-refractivity contribution is -0.140. The predicted molar refractivity (Wildman–Crippen MR) is 72.8 cm³/mol. The van der Waals surface area contributed by atoms with Gasteiger partial charge in [-0.05, 0) is 5.92 Å². The van der Waals surface area contributed by atoms with E-state index in [1.165, 1.54) is 0 Å². The molecule has 0 aliphatic rings. The van der Waals surface area contributed by atoms with Crippen molar-refractivity contribution >= 4 is 5.97 Å². The van der Waals surface area contributed by atoms with Gasteiger partial charge in [-0.3, -0.25) is 9.69 Å². The number of methoxy groups -OCH3 is 1. The van der Waals surface area contributed by atoms with Gasteiger partial charge in [0.1, 0.15) is 6.04 Å². The molecular weight excluding hydrogens is 232 g/mol. The molecule has 0 aromatic heterocycles. The van der Waals surface area contributed by atoms with Crippen molar-refractivity contribution in [2.75, 3.05) is 33.4 Å². The fourth-order valence-electron chi connectivity index (χ4n) is 1.86. The monoisotopic (exact) mass is 260 g/mol. The number of hydrogen-bond donors (Lipinski definition) is 2. The average Bonchev–Trinajstić information content (AvgIpc) is 2.23. The van der Waals surface area contributed by atoms with Crippen molar-refractivity contribution < 1.29 is 14.6 Å². The van der Waals surface area contributed by atoms with Crippen LogP contribution in [0.2, 0.25) is 0 Å². The van der Waals surface area contributed by atoms with E-state index in [0.29, 0.717) is 19.1 Å². The van der Waals surface area contributed by atoms with E-state index in [0.717, 1.165) is 13.1 Å². The normalized spacial score (nSPS) is 13.6. The summed E-state index contributed by atoms with van der Waals surface area (Å²) in [6, 6.07) is -0.366. The second-order valence-electron chi connectivity index (χ2n) is 5.36. The summed E-state index contributed by atoms with van der Waals surface area (Å²) in [4.78, 5) is 13.4. The van der Waals surface area contributed by atoms with Crippen LogP contribution >= 0.6 is 0 Å².